The summed E-state index contributed by atoms with van der Waals surface area (Å²) < 4.78 is 0. The third-order valence-corrected chi connectivity index (χ3v) is 3.98. The molecule has 0 heterocycles. The maximum Gasteiger partial charge on any atom is 0.292 e. The second-order valence-electron chi connectivity index (χ2n) is 5.95. The van der Waals surface area contributed by atoms with Gasteiger partial charge < -0.3 is 10.6 Å². The summed E-state index contributed by atoms with van der Waals surface area (Å²) in [5, 5.41) is 16.5. The Morgan fingerprint density at radius 1 is 0.857 bits per heavy atom. The van der Waals surface area contributed by atoms with Crippen LogP contribution in [0.3, 0.4) is 0 Å². The average molecular weight is 375 g/mol. The van der Waals surface area contributed by atoms with Crippen LogP contribution in [-0.2, 0) is 4.79 Å². The van der Waals surface area contributed by atoms with Gasteiger partial charge >= 0.3 is 0 Å². The van der Waals surface area contributed by atoms with Gasteiger partial charge in [0.15, 0.2) is 5.78 Å². The van der Waals surface area contributed by atoms with Crippen molar-refractivity contribution in [1.29, 1.82) is 0 Å². The predicted molar refractivity (Wildman–Crippen MR) is 107 cm³/mol. The highest BCUT2D eigenvalue weighted by atomic mass is 16.6. The number of carbonyl (C=O) groups excluding carboxylic acids is 2. The Morgan fingerprint density at radius 3 is 2.29 bits per heavy atom. The summed E-state index contributed by atoms with van der Waals surface area (Å²) in [5.74, 6) is -0.530. The van der Waals surface area contributed by atoms with Crippen LogP contribution in [0.2, 0.25) is 0 Å². The lowest BCUT2D eigenvalue weighted by Gasteiger charge is -2.09. The van der Waals surface area contributed by atoms with Crippen LogP contribution < -0.4 is 10.6 Å². The standard InChI is InChI=1S/C21H17N3O4/c25-20(14-22-18-11-4-5-12-19(18)24(27)28)23-17-10-6-9-16(13-17)21(26)15-7-2-1-3-8-15/h1-13,22H,14H2,(H,23,25). The number of carbonyl (C=O) groups is 2. The summed E-state index contributed by atoms with van der Waals surface area (Å²) in [6, 6.07) is 21.6. The highest BCUT2D eigenvalue weighted by molar-refractivity contribution is 6.09. The van der Waals surface area contributed by atoms with Gasteiger partial charge in [-0.05, 0) is 18.2 Å². The van der Waals surface area contributed by atoms with Gasteiger partial charge in [-0.3, -0.25) is 19.7 Å². The molecule has 3 aromatic carbocycles. The zero-order chi connectivity index (χ0) is 19.9. The molecular weight excluding hydrogens is 358 g/mol. The number of nitrogens with one attached hydrogen (secondary N) is 2. The first-order valence-corrected chi connectivity index (χ1v) is 8.51. The maximum absolute atomic E-state index is 12.5. The molecule has 1 amide bonds. The zero-order valence-corrected chi connectivity index (χ0v) is 14.8. The number of ketones is 1. The lowest BCUT2D eigenvalue weighted by Crippen LogP contribution is -2.22. The SMILES string of the molecule is O=C(CNc1ccccc1[N+](=O)[O-])Nc1cccc(C(=O)c2ccccc2)c1. The fourth-order valence-electron chi connectivity index (χ4n) is 2.66. The summed E-state index contributed by atoms with van der Waals surface area (Å²) >= 11 is 0. The summed E-state index contributed by atoms with van der Waals surface area (Å²) in [5.41, 5.74) is 1.64. The summed E-state index contributed by atoms with van der Waals surface area (Å²) in [6.45, 7) is -0.151. The number of rotatable bonds is 7. The van der Waals surface area contributed by atoms with Gasteiger partial charge in [-0.1, -0.05) is 54.6 Å². The highest BCUT2D eigenvalue weighted by Gasteiger charge is 2.14. The molecule has 0 aromatic heterocycles. The van der Waals surface area contributed by atoms with Crippen LogP contribution in [0, 0.1) is 10.1 Å². The minimum absolute atomic E-state index is 0.106. The Labute approximate surface area is 161 Å². The third kappa shape index (κ3) is 4.59. The molecule has 28 heavy (non-hydrogen) atoms. The van der Waals surface area contributed by atoms with Crippen molar-refractivity contribution in [1.82, 2.24) is 0 Å². The largest absolute Gasteiger partial charge is 0.371 e. The molecular formula is C21H17N3O4. The minimum Gasteiger partial charge on any atom is -0.371 e. The quantitative estimate of drug-likeness (QED) is 0.371. The van der Waals surface area contributed by atoms with Crippen molar-refractivity contribution < 1.29 is 14.5 Å². The van der Waals surface area contributed by atoms with Gasteiger partial charge in [-0.25, -0.2) is 0 Å². The molecule has 0 spiro atoms. The van der Waals surface area contributed by atoms with Crippen LogP contribution in [0.5, 0.6) is 0 Å². The van der Waals surface area contributed by atoms with Gasteiger partial charge in [-0.2, -0.15) is 0 Å². The third-order valence-electron chi connectivity index (χ3n) is 3.98. The smallest absolute Gasteiger partial charge is 0.292 e. The van der Waals surface area contributed by atoms with E-state index in [-0.39, 0.29) is 29.6 Å². The first kappa shape index (κ1) is 18.8. The van der Waals surface area contributed by atoms with Crippen molar-refractivity contribution in [3.63, 3.8) is 0 Å². The van der Waals surface area contributed by atoms with Crippen LogP contribution in [0.4, 0.5) is 17.1 Å². The lowest BCUT2D eigenvalue weighted by atomic mass is 10.0. The fraction of sp³-hybridized carbons (Fsp3) is 0.0476. The molecule has 140 valence electrons. The van der Waals surface area contributed by atoms with E-state index >= 15 is 0 Å². The van der Waals surface area contributed by atoms with Crippen LogP contribution in [0.1, 0.15) is 15.9 Å². The average Bonchev–Trinajstić information content (AvgIpc) is 2.72. The van der Waals surface area contributed by atoms with E-state index in [4.69, 9.17) is 0 Å². The van der Waals surface area contributed by atoms with Crippen molar-refractivity contribution >= 4 is 28.8 Å². The second-order valence-corrected chi connectivity index (χ2v) is 5.95. The normalized spacial score (nSPS) is 10.1. The summed E-state index contributed by atoms with van der Waals surface area (Å²) in [4.78, 5) is 35.2. The molecule has 0 saturated carbocycles. The molecule has 3 aromatic rings. The topological polar surface area (TPSA) is 101 Å². The van der Waals surface area contributed by atoms with E-state index in [9.17, 15) is 19.7 Å². The molecule has 7 nitrogen and oxygen atoms in total. The highest BCUT2D eigenvalue weighted by Crippen LogP contribution is 2.23. The van der Waals surface area contributed by atoms with Crippen LogP contribution >= 0.6 is 0 Å². The molecule has 0 fully saturated rings. The van der Waals surface area contributed by atoms with Crippen molar-refractivity contribution in [3.05, 3.63) is 100 Å². The van der Waals surface area contributed by atoms with Gasteiger partial charge in [-0.15, -0.1) is 0 Å². The van der Waals surface area contributed by atoms with E-state index in [2.05, 4.69) is 10.6 Å². The molecule has 2 N–H and O–H groups in total. The van der Waals surface area contributed by atoms with E-state index in [1.54, 1.807) is 60.7 Å². The number of benzene rings is 3. The monoisotopic (exact) mass is 375 g/mol. The van der Waals surface area contributed by atoms with E-state index in [0.29, 0.717) is 16.8 Å². The number of nitrogens with zero attached hydrogens (tertiary/aromatic N) is 1. The number of amides is 1. The number of hydrogen-bond acceptors (Lipinski definition) is 5. The molecule has 0 atom stereocenters. The number of nitro benzene ring substituents is 1. The van der Waals surface area contributed by atoms with Crippen molar-refractivity contribution in [2.24, 2.45) is 0 Å². The molecule has 0 aliphatic heterocycles. The summed E-state index contributed by atoms with van der Waals surface area (Å²) in [7, 11) is 0. The van der Waals surface area contributed by atoms with Gasteiger partial charge in [0, 0.05) is 22.9 Å². The first-order chi connectivity index (χ1) is 13.5. The van der Waals surface area contributed by atoms with E-state index < -0.39 is 4.92 Å². The molecule has 0 bridgehead atoms. The van der Waals surface area contributed by atoms with E-state index in [1.807, 2.05) is 6.07 Å². The van der Waals surface area contributed by atoms with Crippen LogP contribution in [0.25, 0.3) is 0 Å². The van der Waals surface area contributed by atoms with E-state index in [1.165, 1.54) is 12.1 Å². The molecule has 0 unspecified atom stereocenters. The number of anilines is 2. The van der Waals surface area contributed by atoms with Crippen molar-refractivity contribution in [3.8, 4) is 0 Å². The second kappa shape index (κ2) is 8.59. The Morgan fingerprint density at radius 2 is 1.54 bits per heavy atom. The number of para-hydroxylation sites is 2. The molecule has 0 saturated heterocycles. The van der Waals surface area contributed by atoms with Gasteiger partial charge in [0.1, 0.15) is 5.69 Å². The molecule has 0 aliphatic rings. The molecule has 0 aliphatic carbocycles. The molecule has 0 radical (unpaired) electrons. The van der Waals surface area contributed by atoms with Gasteiger partial charge in [0.25, 0.3) is 5.69 Å². The van der Waals surface area contributed by atoms with Crippen molar-refractivity contribution in [2.45, 2.75) is 0 Å². The van der Waals surface area contributed by atoms with Gasteiger partial charge in [0.05, 0.1) is 11.5 Å². The van der Waals surface area contributed by atoms with Gasteiger partial charge in [0.2, 0.25) is 5.91 Å². The lowest BCUT2D eigenvalue weighted by molar-refractivity contribution is -0.383. The minimum atomic E-state index is -0.515. The van der Waals surface area contributed by atoms with Crippen LogP contribution in [0.15, 0.2) is 78.9 Å². The molecule has 3 rings (SSSR count). The first-order valence-electron chi connectivity index (χ1n) is 8.51. The Kier molecular flexibility index (Phi) is 5.76. The Bertz CT molecular complexity index is 1020. The zero-order valence-electron chi connectivity index (χ0n) is 14.8. The Hall–Kier alpha value is -4.00. The van der Waals surface area contributed by atoms with Crippen molar-refractivity contribution in [2.75, 3.05) is 17.2 Å². The maximum atomic E-state index is 12.5. The predicted octanol–water partition coefficient (Wildman–Crippen LogP) is 3.88. The number of hydrogen-bond donors (Lipinski definition) is 2. The van der Waals surface area contributed by atoms with E-state index in [0.717, 1.165) is 0 Å². The molecule has 7 heteroatoms. The number of nitro groups is 1. The summed E-state index contributed by atoms with van der Waals surface area (Å²) in [6.07, 6.45) is 0. The Balaban J connectivity index is 1.65. The fourth-order valence-corrected chi connectivity index (χ4v) is 2.66. The van der Waals surface area contributed by atoms with Crippen LogP contribution in [-0.4, -0.2) is 23.2 Å².